The highest BCUT2D eigenvalue weighted by Crippen LogP contribution is 2.16. The van der Waals surface area contributed by atoms with Crippen molar-refractivity contribution in [2.45, 2.75) is 13.5 Å². The maximum absolute atomic E-state index is 12.2. The molecule has 0 unspecified atom stereocenters. The number of methoxy groups -OCH3 is 1. The quantitative estimate of drug-likeness (QED) is 0.864. The third kappa shape index (κ3) is 4.30. The Morgan fingerprint density at radius 1 is 1.20 bits per heavy atom. The van der Waals surface area contributed by atoms with Crippen molar-refractivity contribution >= 4 is 17.5 Å². The van der Waals surface area contributed by atoms with Crippen LogP contribution in [0.15, 0.2) is 36.7 Å². The predicted molar refractivity (Wildman–Crippen MR) is 98.2 cm³/mol. The second-order valence-corrected chi connectivity index (χ2v) is 6.05. The van der Waals surface area contributed by atoms with Gasteiger partial charge in [0.15, 0.2) is 0 Å². The molecule has 2 heterocycles. The Morgan fingerprint density at radius 3 is 2.56 bits per heavy atom. The number of nitrogens with zero attached hydrogens (tertiary/aromatic N) is 4. The summed E-state index contributed by atoms with van der Waals surface area (Å²) >= 11 is 0. The van der Waals surface area contributed by atoms with Crippen molar-refractivity contribution in [2.75, 3.05) is 50.1 Å². The number of aryl methyl sites for hydroxylation is 1. The smallest absolute Gasteiger partial charge is 0.238 e. The van der Waals surface area contributed by atoms with E-state index in [9.17, 15) is 4.79 Å². The molecular weight excluding hydrogens is 318 g/mol. The van der Waals surface area contributed by atoms with Crippen molar-refractivity contribution in [3.8, 4) is 5.75 Å². The Hall–Kier alpha value is -2.54. The van der Waals surface area contributed by atoms with E-state index in [0.29, 0.717) is 6.54 Å². The van der Waals surface area contributed by atoms with E-state index in [1.54, 1.807) is 7.11 Å². The third-order valence-electron chi connectivity index (χ3n) is 4.43. The zero-order valence-electron chi connectivity index (χ0n) is 14.8. The van der Waals surface area contributed by atoms with Gasteiger partial charge in [-0.1, -0.05) is 0 Å². The molecule has 1 amide bonds. The van der Waals surface area contributed by atoms with Crippen molar-refractivity contribution in [1.82, 2.24) is 14.5 Å². The van der Waals surface area contributed by atoms with Crippen LogP contribution in [0.2, 0.25) is 0 Å². The van der Waals surface area contributed by atoms with Crippen molar-refractivity contribution in [3.63, 3.8) is 0 Å². The second kappa shape index (κ2) is 8.02. The standard InChI is InChI=1S/C18H25N5O2/c1-3-22-9-8-19-18(22)23-12-10-21(11-13-23)14-17(24)20-15-4-6-16(25-2)7-5-15/h4-9H,3,10-14H2,1-2H3,(H,20,24). The van der Waals surface area contributed by atoms with E-state index in [1.807, 2.05) is 36.7 Å². The van der Waals surface area contributed by atoms with Crippen LogP contribution in [0.4, 0.5) is 11.6 Å². The van der Waals surface area contributed by atoms with Gasteiger partial charge in [0.2, 0.25) is 11.9 Å². The minimum atomic E-state index is 0.00803. The lowest BCUT2D eigenvalue weighted by Gasteiger charge is -2.35. The molecule has 0 aliphatic carbocycles. The minimum absolute atomic E-state index is 0.00803. The molecule has 7 nitrogen and oxygen atoms in total. The Kier molecular flexibility index (Phi) is 5.55. The summed E-state index contributed by atoms with van der Waals surface area (Å²) in [6, 6.07) is 7.37. The number of aromatic nitrogens is 2. The molecule has 25 heavy (non-hydrogen) atoms. The van der Waals surface area contributed by atoms with E-state index in [-0.39, 0.29) is 5.91 Å². The molecule has 3 rings (SSSR count). The van der Waals surface area contributed by atoms with Gasteiger partial charge in [0.05, 0.1) is 13.7 Å². The summed E-state index contributed by atoms with van der Waals surface area (Å²) in [6.07, 6.45) is 3.84. The van der Waals surface area contributed by atoms with Crippen LogP contribution in [0.25, 0.3) is 0 Å². The third-order valence-corrected chi connectivity index (χ3v) is 4.43. The summed E-state index contributed by atoms with van der Waals surface area (Å²) in [6.45, 7) is 6.91. The first-order valence-electron chi connectivity index (χ1n) is 8.62. The predicted octanol–water partition coefficient (Wildman–Crippen LogP) is 1.67. The lowest BCUT2D eigenvalue weighted by Crippen LogP contribution is -2.49. The van der Waals surface area contributed by atoms with Gasteiger partial charge in [-0.25, -0.2) is 4.98 Å². The zero-order valence-corrected chi connectivity index (χ0v) is 14.8. The monoisotopic (exact) mass is 343 g/mol. The molecule has 0 saturated carbocycles. The van der Waals surface area contributed by atoms with E-state index in [0.717, 1.165) is 50.1 Å². The maximum atomic E-state index is 12.2. The van der Waals surface area contributed by atoms with Gasteiger partial charge in [0.25, 0.3) is 0 Å². The highest BCUT2D eigenvalue weighted by molar-refractivity contribution is 5.92. The van der Waals surface area contributed by atoms with Gasteiger partial charge in [-0.2, -0.15) is 0 Å². The molecule has 1 aliphatic heterocycles. The summed E-state index contributed by atoms with van der Waals surface area (Å²) in [7, 11) is 1.63. The first-order valence-corrected chi connectivity index (χ1v) is 8.62. The number of carbonyl (C=O) groups is 1. The summed E-state index contributed by atoms with van der Waals surface area (Å²) in [5, 5.41) is 2.93. The first kappa shape index (κ1) is 17.3. The summed E-state index contributed by atoms with van der Waals surface area (Å²) in [4.78, 5) is 21.1. The molecular formula is C18H25N5O2. The average Bonchev–Trinajstić information content (AvgIpc) is 3.11. The molecule has 1 N–H and O–H groups in total. The number of rotatable bonds is 6. The van der Waals surface area contributed by atoms with Crippen LogP contribution in [-0.2, 0) is 11.3 Å². The lowest BCUT2D eigenvalue weighted by atomic mass is 10.3. The molecule has 2 aromatic rings. The number of amides is 1. The number of benzene rings is 1. The zero-order chi connectivity index (χ0) is 17.6. The average molecular weight is 343 g/mol. The number of carbonyl (C=O) groups excluding carboxylic acids is 1. The molecule has 0 radical (unpaired) electrons. The Bertz CT molecular complexity index is 690. The van der Waals surface area contributed by atoms with Crippen LogP contribution in [-0.4, -0.2) is 60.2 Å². The number of hydrogen-bond donors (Lipinski definition) is 1. The molecule has 1 aromatic carbocycles. The van der Waals surface area contributed by atoms with E-state index < -0.39 is 0 Å². The van der Waals surface area contributed by atoms with Gasteiger partial charge in [-0.15, -0.1) is 0 Å². The fourth-order valence-electron chi connectivity index (χ4n) is 3.02. The van der Waals surface area contributed by atoms with Crippen LogP contribution < -0.4 is 15.0 Å². The molecule has 0 atom stereocenters. The summed E-state index contributed by atoms with van der Waals surface area (Å²) < 4.78 is 7.27. The summed E-state index contributed by atoms with van der Waals surface area (Å²) in [5.74, 6) is 1.80. The van der Waals surface area contributed by atoms with Crippen LogP contribution in [0.3, 0.4) is 0 Å². The Balaban J connectivity index is 1.47. The molecule has 1 aliphatic rings. The van der Waals surface area contributed by atoms with Crippen molar-refractivity contribution in [2.24, 2.45) is 0 Å². The number of piperazine rings is 1. The van der Waals surface area contributed by atoms with Crippen LogP contribution >= 0.6 is 0 Å². The van der Waals surface area contributed by atoms with E-state index in [1.165, 1.54) is 0 Å². The Morgan fingerprint density at radius 2 is 1.92 bits per heavy atom. The van der Waals surface area contributed by atoms with Crippen LogP contribution in [0.1, 0.15) is 6.92 Å². The second-order valence-electron chi connectivity index (χ2n) is 6.05. The maximum Gasteiger partial charge on any atom is 0.238 e. The number of hydrogen-bond acceptors (Lipinski definition) is 5. The van der Waals surface area contributed by atoms with Gasteiger partial charge in [0.1, 0.15) is 5.75 Å². The summed E-state index contributed by atoms with van der Waals surface area (Å²) in [5.41, 5.74) is 0.786. The number of anilines is 2. The number of imidazole rings is 1. The van der Waals surface area contributed by atoms with Crippen LogP contribution in [0.5, 0.6) is 5.75 Å². The normalized spacial score (nSPS) is 15.2. The first-order chi connectivity index (χ1) is 12.2. The van der Waals surface area contributed by atoms with Gasteiger partial charge >= 0.3 is 0 Å². The molecule has 134 valence electrons. The molecule has 0 spiro atoms. The molecule has 1 aromatic heterocycles. The van der Waals surface area contributed by atoms with Crippen LogP contribution in [0, 0.1) is 0 Å². The van der Waals surface area contributed by atoms with E-state index >= 15 is 0 Å². The molecule has 1 fully saturated rings. The van der Waals surface area contributed by atoms with Crippen molar-refractivity contribution in [1.29, 1.82) is 0 Å². The van der Waals surface area contributed by atoms with Crippen molar-refractivity contribution < 1.29 is 9.53 Å². The minimum Gasteiger partial charge on any atom is -0.497 e. The fourth-order valence-corrected chi connectivity index (χ4v) is 3.02. The van der Waals surface area contributed by atoms with Crippen molar-refractivity contribution in [3.05, 3.63) is 36.7 Å². The largest absolute Gasteiger partial charge is 0.497 e. The lowest BCUT2D eigenvalue weighted by molar-refractivity contribution is -0.117. The van der Waals surface area contributed by atoms with Gasteiger partial charge in [-0.3, -0.25) is 9.69 Å². The molecule has 1 saturated heterocycles. The van der Waals surface area contributed by atoms with Gasteiger partial charge in [0, 0.05) is 50.8 Å². The van der Waals surface area contributed by atoms with Gasteiger partial charge in [-0.05, 0) is 31.2 Å². The SMILES string of the molecule is CCn1ccnc1N1CCN(CC(=O)Nc2ccc(OC)cc2)CC1. The van der Waals surface area contributed by atoms with E-state index in [2.05, 4.69) is 31.6 Å². The Labute approximate surface area is 148 Å². The van der Waals surface area contributed by atoms with Gasteiger partial charge < -0.3 is 19.5 Å². The number of ether oxygens (including phenoxy) is 1. The highest BCUT2D eigenvalue weighted by Gasteiger charge is 2.21. The molecule has 0 bridgehead atoms. The molecule has 7 heteroatoms. The fraction of sp³-hybridized carbons (Fsp3) is 0.444. The highest BCUT2D eigenvalue weighted by atomic mass is 16.5. The topological polar surface area (TPSA) is 62.6 Å². The number of nitrogens with one attached hydrogen (secondary N) is 1. The van der Waals surface area contributed by atoms with E-state index in [4.69, 9.17) is 4.74 Å².